The number of benzene rings is 1. The molecular formula is C16H23N3OS. The van der Waals surface area contributed by atoms with Gasteiger partial charge in [0.1, 0.15) is 0 Å². The second kappa shape index (κ2) is 5.14. The predicted molar refractivity (Wildman–Crippen MR) is 90.0 cm³/mol. The molecule has 1 aromatic heterocycles. The largest absolute Gasteiger partial charge is 0.397 e. The van der Waals surface area contributed by atoms with E-state index in [1.165, 1.54) is 0 Å². The number of ether oxygens (including phenoxy) is 1. The van der Waals surface area contributed by atoms with Gasteiger partial charge in [0.25, 0.3) is 0 Å². The summed E-state index contributed by atoms with van der Waals surface area (Å²) in [6, 6.07) is 4.47. The lowest BCUT2D eigenvalue weighted by molar-refractivity contribution is -0.0975. The fraction of sp³-hybridized carbons (Fsp3) is 0.562. The third kappa shape index (κ3) is 2.49. The van der Waals surface area contributed by atoms with Crippen molar-refractivity contribution in [3.05, 3.63) is 17.1 Å². The highest BCUT2D eigenvalue weighted by Crippen LogP contribution is 2.45. The average molecular weight is 305 g/mol. The van der Waals surface area contributed by atoms with Gasteiger partial charge in [-0.2, -0.15) is 0 Å². The first-order chi connectivity index (χ1) is 9.91. The van der Waals surface area contributed by atoms with Gasteiger partial charge in [0.15, 0.2) is 0 Å². The molecule has 114 valence electrons. The molecule has 2 aromatic rings. The number of nitrogens with two attached hydrogens (primary N) is 1. The van der Waals surface area contributed by atoms with Crippen molar-refractivity contribution in [1.29, 1.82) is 0 Å². The molecule has 1 aliphatic rings. The number of nitrogens with one attached hydrogen (secondary N) is 1. The van der Waals surface area contributed by atoms with E-state index in [0.717, 1.165) is 39.6 Å². The molecule has 0 spiro atoms. The number of hydrogen-bond donors (Lipinski definition) is 2. The van der Waals surface area contributed by atoms with Crippen LogP contribution < -0.4 is 11.1 Å². The van der Waals surface area contributed by atoms with Crippen LogP contribution in [0.5, 0.6) is 0 Å². The normalized spacial score (nSPS) is 24.0. The number of nitrogen functional groups attached to an aromatic ring is 1. The molecule has 5 heteroatoms. The third-order valence-corrected chi connectivity index (χ3v) is 5.48. The second-order valence-corrected chi connectivity index (χ2v) is 7.57. The van der Waals surface area contributed by atoms with E-state index in [-0.39, 0.29) is 5.41 Å². The van der Waals surface area contributed by atoms with Gasteiger partial charge in [0.05, 0.1) is 32.7 Å². The SMILES string of the molecule is CCOC1CC(Nc2cc3nc(C)sc3cc2N)C1(C)C. The van der Waals surface area contributed by atoms with Crippen molar-refractivity contribution in [3.63, 3.8) is 0 Å². The van der Waals surface area contributed by atoms with E-state index >= 15 is 0 Å². The first-order valence-corrected chi connectivity index (χ1v) is 8.28. The van der Waals surface area contributed by atoms with Crippen LogP contribution in [0.25, 0.3) is 10.2 Å². The van der Waals surface area contributed by atoms with Crippen LogP contribution in [0.2, 0.25) is 0 Å². The molecule has 4 nitrogen and oxygen atoms in total. The van der Waals surface area contributed by atoms with E-state index in [4.69, 9.17) is 10.5 Å². The van der Waals surface area contributed by atoms with Crippen LogP contribution in [0.3, 0.4) is 0 Å². The summed E-state index contributed by atoms with van der Waals surface area (Å²) >= 11 is 1.68. The van der Waals surface area contributed by atoms with Crippen molar-refractivity contribution < 1.29 is 4.74 Å². The number of fused-ring (bicyclic) bond motifs is 1. The Hall–Kier alpha value is -1.33. The first-order valence-electron chi connectivity index (χ1n) is 7.46. The lowest BCUT2D eigenvalue weighted by Gasteiger charge is -2.52. The Labute approximate surface area is 129 Å². The van der Waals surface area contributed by atoms with Crippen LogP contribution in [0.1, 0.15) is 32.2 Å². The van der Waals surface area contributed by atoms with Crippen LogP contribution in [-0.4, -0.2) is 23.7 Å². The maximum absolute atomic E-state index is 6.19. The summed E-state index contributed by atoms with van der Waals surface area (Å²) in [7, 11) is 0. The molecule has 1 saturated carbocycles. The van der Waals surface area contributed by atoms with E-state index in [1.54, 1.807) is 11.3 Å². The highest BCUT2D eigenvalue weighted by Gasteiger charge is 2.49. The molecule has 0 aliphatic heterocycles. The Kier molecular flexibility index (Phi) is 3.58. The van der Waals surface area contributed by atoms with Crippen LogP contribution >= 0.6 is 11.3 Å². The van der Waals surface area contributed by atoms with Gasteiger partial charge in [-0.05, 0) is 32.4 Å². The van der Waals surface area contributed by atoms with E-state index in [0.29, 0.717) is 12.1 Å². The molecule has 2 unspecified atom stereocenters. The Balaban J connectivity index is 1.81. The van der Waals surface area contributed by atoms with Gasteiger partial charge >= 0.3 is 0 Å². The number of thiazole rings is 1. The van der Waals surface area contributed by atoms with Crippen molar-refractivity contribution in [2.24, 2.45) is 5.41 Å². The number of aryl methyl sites for hydroxylation is 1. The Morgan fingerprint density at radius 3 is 2.90 bits per heavy atom. The highest BCUT2D eigenvalue weighted by atomic mass is 32.1. The highest BCUT2D eigenvalue weighted by molar-refractivity contribution is 7.18. The molecule has 1 heterocycles. The summed E-state index contributed by atoms with van der Waals surface area (Å²) in [5.74, 6) is 0. The molecule has 3 rings (SSSR count). The molecule has 0 saturated heterocycles. The number of anilines is 2. The van der Waals surface area contributed by atoms with Gasteiger partial charge in [-0.1, -0.05) is 13.8 Å². The van der Waals surface area contributed by atoms with Crippen molar-refractivity contribution in [3.8, 4) is 0 Å². The summed E-state index contributed by atoms with van der Waals surface area (Å²) in [6.45, 7) is 9.34. The maximum atomic E-state index is 6.19. The van der Waals surface area contributed by atoms with Crippen molar-refractivity contribution >= 4 is 32.9 Å². The van der Waals surface area contributed by atoms with Crippen molar-refractivity contribution in [2.75, 3.05) is 17.7 Å². The zero-order valence-electron chi connectivity index (χ0n) is 13.1. The number of rotatable bonds is 4. The zero-order chi connectivity index (χ0) is 15.2. The molecule has 2 atom stereocenters. The van der Waals surface area contributed by atoms with E-state index < -0.39 is 0 Å². The molecule has 0 radical (unpaired) electrons. The molecule has 21 heavy (non-hydrogen) atoms. The van der Waals surface area contributed by atoms with E-state index in [2.05, 4.69) is 30.2 Å². The molecule has 1 fully saturated rings. The Morgan fingerprint density at radius 2 is 2.24 bits per heavy atom. The molecular weight excluding hydrogens is 282 g/mol. The summed E-state index contributed by atoms with van der Waals surface area (Å²) in [5, 5.41) is 4.66. The lowest BCUT2D eigenvalue weighted by Crippen LogP contribution is -2.58. The Morgan fingerprint density at radius 1 is 1.48 bits per heavy atom. The Bertz CT molecular complexity index is 665. The minimum absolute atomic E-state index is 0.120. The van der Waals surface area contributed by atoms with Crippen LogP contribution in [0.15, 0.2) is 12.1 Å². The van der Waals surface area contributed by atoms with Gasteiger partial charge in [-0.3, -0.25) is 0 Å². The van der Waals surface area contributed by atoms with E-state index in [1.807, 2.05) is 19.9 Å². The fourth-order valence-electron chi connectivity index (χ4n) is 3.03. The molecule has 1 aromatic carbocycles. The van der Waals surface area contributed by atoms with Gasteiger partial charge in [0.2, 0.25) is 0 Å². The van der Waals surface area contributed by atoms with Gasteiger partial charge in [0, 0.05) is 18.1 Å². The average Bonchev–Trinajstić information content (AvgIpc) is 2.76. The topological polar surface area (TPSA) is 60.2 Å². The minimum atomic E-state index is 0.120. The van der Waals surface area contributed by atoms with E-state index in [9.17, 15) is 0 Å². The summed E-state index contributed by atoms with van der Waals surface area (Å²) < 4.78 is 6.93. The molecule has 3 N–H and O–H groups in total. The number of aromatic nitrogens is 1. The molecule has 0 amide bonds. The predicted octanol–water partition coefficient (Wildman–Crippen LogP) is 3.80. The second-order valence-electron chi connectivity index (χ2n) is 6.34. The summed E-state index contributed by atoms with van der Waals surface area (Å²) in [4.78, 5) is 4.55. The number of hydrogen-bond acceptors (Lipinski definition) is 5. The summed E-state index contributed by atoms with van der Waals surface area (Å²) in [6.07, 6.45) is 1.35. The molecule has 1 aliphatic carbocycles. The van der Waals surface area contributed by atoms with Crippen molar-refractivity contribution in [2.45, 2.75) is 46.3 Å². The monoisotopic (exact) mass is 305 g/mol. The number of nitrogens with zero attached hydrogens (tertiary/aromatic N) is 1. The van der Waals surface area contributed by atoms with Gasteiger partial charge < -0.3 is 15.8 Å². The molecule has 0 bridgehead atoms. The minimum Gasteiger partial charge on any atom is -0.397 e. The smallest absolute Gasteiger partial charge is 0.0907 e. The van der Waals surface area contributed by atoms with Crippen LogP contribution in [-0.2, 0) is 4.74 Å². The zero-order valence-corrected chi connectivity index (χ0v) is 13.9. The quantitative estimate of drug-likeness (QED) is 0.843. The fourth-order valence-corrected chi connectivity index (χ4v) is 3.89. The first kappa shape index (κ1) is 14.6. The van der Waals surface area contributed by atoms with Crippen LogP contribution in [0, 0.1) is 12.3 Å². The maximum Gasteiger partial charge on any atom is 0.0907 e. The third-order valence-electron chi connectivity index (χ3n) is 4.54. The van der Waals surface area contributed by atoms with Gasteiger partial charge in [-0.25, -0.2) is 4.98 Å². The lowest BCUT2D eigenvalue weighted by atomic mass is 9.64. The summed E-state index contributed by atoms with van der Waals surface area (Å²) in [5.41, 5.74) is 9.11. The van der Waals surface area contributed by atoms with Crippen LogP contribution in [0.4, 0.5) is 11.4 Å². The standard InChI is InChI=1S/C16H23N3OS/c1-5-20-15-8-14(16(15,3)4)19-11-7-12-13(6-10(11)17)21-9(2)18-12/h6-7,14-15,19H,5,8,17H2,1-4H3. The van der Waals surface area contributed by atoms with Crippen molar-refractivity contribution in [1.82, 2.24) is 4.98 Å². The van der Waals surface area contributed by atoms with Gasteiger partial charge in [-0.15, -0.1) is 11.3 Å².